The average molecular weight is 341 g/mol. The third kappa shape index (κ3) is 3.51. The van der Waals surface area contributed by atoms with Crippen LogP contribution < -0.4 is 20.3 Å². The van der Waals surface area contributed by atoms with Crippen molar-refractivity contribution in [1.82, 2.24) is 15.5 Å². The first kappa shape index (κ1) is 17.4. The third-order valence-electron chi connectivity index (χ3n) is 3.98. The summed E-state index contributed by atoms with van der Waals surface area (Å²) in [5.41, 5.74) is 1.22. The minimum absolute atomic E-state index is 0. The van der Waals surface area contributed by atoms with E-state index in [1.807, 2.05) is 4.90 Å². The Morgan fingerprint density at radius 1 is 1.17 bits per heavy atom. The average Bonchev–Trinajstić information content (AvgIpc) is 3.00. The van der Waals surface area contributed by atoms with Crippen molar-refractivity contribution in [3.63, 3.8) is 0 Å². The van der Waals surface area contributed by atoms with Gasteiger partial charge in [0.05, 0.1) is 12.8 Å². The number of carbonyl (C=O) groups is 2. The number of hydrogen-bond acceptors (Lipinski definition) is 4. The standard InChI is InChI=1S/C15H20N4O3.ClH/c1-22-13-3-2-11(14(20)18-7-4-16-5-8-18)10-12(13)19-9-6-17-15(19)21;/h2-3,10,16H,4-9H2,1H3,(H,17,21);1H. The van der Waals surface area contributed by atoms with Crippen LogP contribution in [0.2, 0.25) is 0 Å². The highest BCUT2D eigenvalue weighted by molar-refractivity contribution is 6.00. The van der Waals surface area contributed by atoms with E-state index in [1.165, 1.54) is 0 Å². The number of ether oxygens (including phenoxy) is 1. The summed E-state index contributed by atoms with van der Waals surface area (Å²) in [6.45, 7) is 4.18. The topological polar surface area (TPSA) is 73.9 Å². The Balaban J connectivity index is 0.00000192. The molecule has 2 heterocycles. The fraction of sp³-hybridized carbons (Fsp3) is 0.467. The number of amides is 3. The number of benzene rings is 1. The number of nitrogens with one attached hydrogen (secondary N) is 2. The fourth-order valence-corrected chi connectivity index (χ4v) is 2.79. The maximum Gasteiger partial charge on any atom is 0.322 e. The second-order valence-electron chi connectivity index (χ2n) is 5.31. The van der Waals surface area contributed by atoms with Gasteiger partial charge in [-0.05, 0) is 18.2 Å². The number of piperazine rings is 1. The second kappa shape index (κ2) is 7.52. The molecular weight excluding hydrogens is 320 g/mol. The van der Waals surface area contributed by atoms with Crippen molar-refractivity contribution >= 4 is 30.0 Å². The van der Waals surface area contributed by atoms with Crippen LogP contribution in [-0.2, 0) is 0 Å². The molecule has 0 atom stereocenters. The van der Waals surface area contributed by atoms with E-state index in [2.05, 4.69) is 10.6 Å². The second-order valence-corrected chi connectivity index (χ2v) is 5.31. The molecule has 2 N–H and O–H groups in total. The number of halogens is 1. The number of hydrogen-bond donors (Lipinski definition) is 2. The number of anilines is 1. The molecule has 1 aromatic rings. The quantitative estimate of drug-likeness (QED) is 0.849. The van der Waals surface area contributed by atoms with E-state index in [0.29, 0.717) is 43.2 Å². The first-order valence-corrected chi connectivity index (χ1v) is 7.44. The van der Waals surface area contributed by atoms with Crippen LogP contribution in [-0.4, -0.2) is 63.2 Å². The van der Waals surface area contributed by atoms with Gasteiger partial charge in [0, 0.05) is 44.8 Å². The molecular formula is C15H21ClN4O3. The molecule has 23 heavy (non-hydrogen) atoms. The Morgan fingerprint density at radius 3 is 2.52 bits per heavy atom. The van der Waals surface area contributed by atoms with Gasteiger partial charge in [-0.3, -0.25) is 9.69 Å². The summed E-state index contributed by atoms with van der Waals surface area (Å²) in [4.78, 5) is 27.9. The van der Waals surface area contributed by atoms with Gasteiger partial charge in [0.1, 0.15) is 5.75 Å². The van der Waals surface area contributed by atoms with E-state index in [9.17, 15) is 9.59 Å². The van der Waals surface area contributed by atoms with Crippen LogP contribution in [0.15, 0.2) is 18.2 Å². The first-order valence-electron chi connectivity index (χ1n) is 7.44. The Bertz CT molecular complexity index is 590. The Hall–Kier alpha value is -1.99. The van der Waals surface area contributed by atoms with Crippen LogP contribution in [0, 0.1) is 0 Å². The highest BCUT2D eigenvalue weighted by atomic mass is 35.5. The normalized spacial score (nSPS) is 17.5. The molecule has 0 radical (unpaired) electrons. The summed E-state index contributed by atoms with van der Waals surface area (Å²) in [7, 11) is 1.56. The molecule has 0 aromatic heterocycles. The summed E-state index contributed by atoms with van der Waals surface area (Å²) in [6.07, 6.45) is 0. The highest BCUT2D eigenvalue weighted by Crippen LogP contribution is 2.30. The smallest absolute Gasteiger partial charge is 0.322 e. The minimum atomic E-state index is -0.162. The molecule has 2 fully saturated rings. The molecule has 7 nitrogen and oxygen atoms in total. The Kier molecular flexibility index (Phi) is 5.68. The van der Waals surface area contributed by atoms with Crippen molar-refractivity contribution in [2.45, 2.75) is 0 Å². The predicted molar refractivity (Wildman–Crippen MR) is 89.8 cm³/mol. The molecule has 3 amide bonds. The number of urea groups is 1. The van der Waals surface area contributed by atoms with Gasteiger partial charge in [-0.25, -0.2) is 4.79 Å². The van der Waals surface area contributed by atoms with Crippen LogP contribution >= 0.6 is 12.4 Å². The maximum atomic E-state index is 12.6. The molecule has 1 aromatic carbocycles. The van der Waals surface area contributed by atoms with E-state index in [-0.39, 0.29) is 24.3 Å². The molecule has 126 valence electrons. The maximum absolute atomic E-state index is 12.6. The van der Waals surface area contributed by atoms with Crippen LogP contribution in [0.1, 0.15) is 10.4 Å². The lowest BCUT2D eigenvalue weighted by molar-refractivity contribution is 0.0736. The van der Waals surface area contributed by atoms with Crippen molar-refractivity contribution in [2.75, 3.05) is 51.3 Å². The van der Waals surface area contributed by atoms with E-state index >= 15 is 0 Å². The van der Waals surface area contributed by atoms with Gasteiger partial charge in [0.2, 0.25) is 0 Å². The van der Waals surface area contributed by atoms with E-state index in [1.54, 1.807) is 30.2 Å². The molecule has 2 aliphatic heterocycles. The fourth-order valence-electron chi connectivity index (χ4n) is 2.79. The van der Waals surface area contributed by atoms with E-state index in [0.717, 1.165) is 13.1 Å². The molecule has 3 rings (SSSR count). The first-order chi connectivity index (χ1) is 10.7. The largest absolute Gasteiger partial charge is 0.495 e. The molecule has 0 spiro atoms. The van der Waals surface area contributed by atoms with Crippen LogP contribution in [0.5, 0.6) is 5.75 Å². The van der Waals surface area contributed by atoms with Crippen molar-refractivity contribution in [3.8, 4) is 5.75 Å². The van der Waals surface area contributed by atoms with Gasteiger partial charge >= 0.3 is 6.03 Å². The molecule has 8 heteroatoms. The predicted octanol–water partition coefficient (Wildman–Crippen LogP) is 0.692. The van der Waals surface area contributed by atoms with Gasteiger partial charge in [0.15, 0.2) is 0 Å². The molecule has 0 bridgehead atoms. The van der Waals surface area contributed by atoms with Crippen molar-refractivity contribution in [2.24, 2.45) is 0 Å². The molecule has 2 saturated heterocycles. The number of nitrogens with zero attached hydrogens (tertiary/aromatic N) is 2. The zero-order valence-corrected chi connectivity index (χ0v) is 13.8. The number of carbonyl (C=O) groups excluding carboxylic acids is 2. The summed E-state index contributed by atoms with van der Waals surface area (Å²) in [5.74, 6) is 0.582. The third-order valence-corrected chi connectivity index (χ3v) is 3.98. The van der Waals surface area contributed by atoms with Crippen LogP contribution in [0.3, 0.4) is 0 Å². The monoisotopic (exact) mass is 340 g/mol. The summed E-state index contributed by atoms with van der Waals surface area (Å²) >= 11 is 0. The van der Waals surface area contributed by atoms with Crippen LogP contribution in [0.4, 0.5) is 10.5 Å². The molecule has 0 aliphatic carbocycles. The molecule has 0 saturated carbocycles. The SMILES string of the molecule is COc1ccc(C(=O)N2CCNCC2)cc1N1CCNC1=O.Cl. The zero-order chi connectivity index (χ0) is 15.5. The van der Waals surface area contributed by atoms with Gasteiger partial charge in [-0.15, -0.1) is 12.4 Å². The lowest BCUT2D eigenvalue weighted by atomic mass is 10.1. The van der Waals surface area contributed by atoms with E-state index in [4.69, 9.17) is 4.74 Å². The number of methoxy groups -OCH3 is 1. The lowest BCUT2D eigenvalue weighted by Gasteiger charge is -2.28. The zero-order valence-electron chi connectivity index (χ0n) is 13.0. The van der Waals surface area contributed by atoms with Crippen molar-refractivity contribution in [1.29, 1.82) is 0 Å². The summed E-state index contributed by atoms with van der Waals surface area (Å²) in [6, 6.07) is 5.08. The molecule has 0 unspecified atom stereocenters. The van der Waals surface area contributed by atoms with Gasteiger partial charge < -0.3 is 20.3 Å². The van der Waals surface area contributed by atoms with Crippen LogP contribution in [0.25, 0.3) is 0 Å². The highest BCUT2D eigenvalue weighted by Gasteiger charge is 2.26. The molecule has 2 aliphatic rings. The minimum Gasteiger partial charge on any atom is -0.495 e. The van der Waals surface area contributed by atoms with E-state index < -0.39 is 0 Å². The summed E-state index contributed by atoms with van der Waals surface area (Å²) < 4.78 is 5.33. The van der Waals surface area contributed by atoms with Gasteiger partial charge in [-0.2, -0.15) is 0 Å². The Labute approximate surface area is 141 Å². The van der Waals surface area contributed by atoms with Gasteiger partial charge in [-0.1, -0.05) is 0 Å². The number of rotatable bonds is 3. The van der Waals surface area contributed by atoms with Crippen molar-refractivity contribution < 1.29 is 14.3 Å². The van der Waals surface area contributed by atoms with Crippen molar-refractivity contribution in [3.05, 3.63) is 23.8 Å². The summed E-state index contributed by atoms with van der Waals surface area (Å²) in [5, 5.41) is 5.99. The Morgan fingerprint density at radius 2 is 1.91 bits per heavy atom. The van der Waals surface area contributed by atoms with Gasteiger partial charge in [0.25, 0.3) is 5.91 Å². The lowest BCUT2D eigenvalue weighted by Crippen LogP contribution is -2.46.